The summed E-state index contributed by atoms with van der Waals surface area (Å²) in [5, 5.41) is 10.4. The molecular formula is C33H28BrFN6O3S2. The monoisotopic (exact) mass is 718 g/mol. The standard InChI is InChI=1S/C33H28BrFN6O3S2/c1-21(36-13-14-46(42,43)31-7-2-3-12-37-31)33-41-29(19-45-33)23-8-10-28-26(16-23)32(39-20-38-28)40-25-9-11-30(27(34)17-25)44-18-22-5-4-6-24(35)15-22/h2-12,15-17,19-21,36H,13-14,18H2,1H3,(H,38,39,40). The van der Waals surface area contributed by atoms with E-state index in [-0.39, 0.29) is 35.8 Å². The molecule has 0 saturated carbocycles. The number of halogens is 2. The van der Waals surface area contributed by atoms with Crippen molar-refractivity contribution in [2.45, 2.75) is 24.6 Å². The molecule has 3 aromatic heterocycles. The van der Waals surface area contributed by atoms with E-state index in [2.05, 4.69) is 41.5 Å². The van der Waals surface area contributed by atoms with E-state index < -0.39 is 9.84 Å². The van der Waals surface area contributed by atoms with Gasteiger partial charge in [-0.05, 0) is 83.0 Å². The van der Waals surface area contributed by atoms with E-state index in [1.165, 1.54) is 42.1 Å². The summed E-state index contributed by atoms with van der Waals surface area (Å²) < 4.78 is 45.2. The molecule has 0 radical (unpaired) electrons. The zero-order chi connectivity index (χ0) is 32.1. The van der Waals surface area contributed by atoms with Gasteiger partial charge in [-0.3, -0.25) is 0 Å². The van der Waals surface area contributed by atoms with Gasteiger partial charge in [0.1, 0.15) is 35.3 Å². The fourth-order valence-corrected chi connectivity index (χ4v) is 7.14. The Balaban J connectivity index is 1.13. The highest BCUT2D eigenvalue weighted by Crippen LogP contribution is 2.33. The third kappa shape index (κ3) is 7.56. The predicted molar refractivity (Wildman–Crippen MR) is 182 cm³/mol. The van der Waals surface area contributed by atoms with Gasteiger partial charge in [-0.1, -0.05) is 24.3 Å². The SMILES string of the molecule is CC(NCCS(=O)(=O)c1ccccn1)c1nc(-c2ccc3ncnc(Nc4ccc(OCc5cccc(F)c5)c(Br)c4)c3c2)cs1. The molecular weight excluding hydrogens is 691 g/mol. The highest BCUT2D eigenvalue weighted by Gasteiger charge is 2.18. The van der Waals surface area contributed by atoms with Crippen LogP contribution in [0.15, 0.2) is 106 Å². The first kappa shape index (κ1) is 31.7. The van der Waals surface area contributed by atoms with Crippen LogP contribution in [0.1, 0.15) is 23.5 Å². The van der Waals surface area contributed by atoms with E-state index in [4.69, 9.17) is 9.72 Å². The average Bonchev–Trinajstić information content (AvgIpc) is 3.56. The number of hydrogen-bond donors (Lipinski definition) is 2. The molecule has 46 heavy (non-hydrogen) atoms. The summed E-state index contributed by atoms with van der Waals surface area (Å²) in [6.07, 6.45) is 2.99. The molecule has 13 heteroatoms. The van der Waals surface area contributed by atoms with Crippen LogP contribution in [0.5, 0.6) is 5.75 Å². The van der Waals surface area contributed by atoms with E-state index in [0.717, 1.165) is 42.9 Å². The van der Waals surface area contributed by atoms with Crippen molar-refractivity contribution in [3.05, 3.63) is 118 Å². The Hall–Kier alpha value is -4.30. The van der Waals surface area contributed by atoms with E-state index in [0.29, 0.717) is 11.6 Å². The van der Waals surface area contributed by atoms with E-state index in [9.17, 15) is 12.8 Å². The Morgan fingerprint density at radius 3 is 2.70 bits per heavy atom. The zero-order valence-corrected chi connectivity index (χ0v) is 27.7. The minimum absolute atomic E-state index is 0.0612. The summed E-state index contributed by atoms with van der Waals surface area (Å²) in [5.74, 6) is 0.896. The van der Waals surface area contributed by atoms with Crippen molar-refractivity contribution in [1.82, 2.24) is 25.3 Å². The van der Waals surface area contributed by atoms with Gasteiger partial charge in [-0.15, -0.1) is 11.3 Å². The van der Waals surface area contributed by atoms with Gasteiger partial charge in [0.05, 0.1) is 27.5 Å². The Bertz CT molecular complexity index is 2100. The van der Waals surface area contributed by atoms with Crippen molar-refractivity contribution < 1.29 is 17.5 Å². The van der Waals surface area contributed by atoms with Crippen LogP contribution in [0, 0.1) is 5.82 Å². The molecule has 0 aliphatic rings. The molecule has 0 spiro atoms. The molecule has 1 unspecified atom stereocenters. The molecule has 3 heterocycles. The first-order chi connectivity index (χ1) is 22.2. The van der Waals surface area contributed by atoms with Crippen molar-refractivity contribution in [2.24, 2.45) is 0 Å². The van der Waals surface area contributed by atoms with E-state index in [1.807, 2.05) is 54.8 Å². The van der Waals surface area contributed by atoms with Gasteiger partial charge < -0.3 is 15.4 Å². The third-order valence-electron chi connectivity index (χ3n) is 7.08. The van der Waals surface area contributed by atoms with E-state index >= 15 is 0 Å². The van der Waals surface area contributed by atoms with Gasteiger partial charge in [-0.2, -0.15) is 0 Å². The highest BCUT2D eigenvalue weighted by atomic mass is 79.9. The van der Waals surface area contributed by atoms with Gasteiger partial charge in [-0.25, -0.2) is 32.7 Å². The minimum atomic E-state index is -3.47. The molecule has 0 aliphatic carbocycles. The first-order valence-corrected chi connectivity index (χ1v) is 17.6. The largest absolute Gasteiger partial charge is 0.488 e. The number of sulfone groups is 1. The quantitative estimate of drug-likeness (QED) is 0.133. The van der Waals surface area contributed by atoms with E-state index in [1.54, 1.807) is 18.2 Å². The van der Waals surface area contributed by atoms with Crippen molar-refractivity contribution in [3.8, 4) is 17.0 Å². The first-order valence-electron chi connectivity index (χ1n) is 14.3. The number of nitrogens with one attached hydrogen (secondary N) is 2. The smallest absolute Gasteiger partial charge is 0.196 e. The number of hydrogen-bond acceptors (Lipinski definition) is 10. The number of fused-ring (bicyclic) bond motifs is 1. The second kappa shape index (κ2) is 14.0. The predicted octanol–water partition coefficient (Wildman–Crippen LogP) is 7.50. The molecule has 0 fully saturated rings. The Morgan fingerprint density at radius 2 is 1.89 bits per heavy atom. The number of thiazole rings is 1. The van der Waals surface area contributed by atoms with Crippen LogP contribution in [0.25, 0.3) is 22.2 Å². The Labute approximate surface area is 278 Å². The van der Waals surface area contributed by atoms with Gasteiger partial charge in [0.2, 0.25) is 0 Å². The summed E-state index contributed by atoms with van der Waals surface area (Å²) in [6.45, 7) is 2.47. The normalized spacial score (nSPS) is 12.2. The van der Waals surface area contributed by atoms with Gasteiger partial charge in [0.15, 0.2) is 14.9 Å². The lowest BCUT2D eigenvalue weighted by atomic mass is 10.1. The maximum absolute atomic E-state index is 13.5. The molecule has 6 aromatic rings. The lowest BCUT2D eigenvalue weighted by molar-refractivity contribution is 0.303. The number of anilines is 2. The highest BCUT2D eigenvalue weighted by molar-refractivity contribution is 9.10. The molecule has 1 atom stereocenters. The molecule has 0 bridgehead atoms. The lowest BCUT2D eigenvalue weighted by Gasteiger charge is -2.12. The molecule has 3 aromatic carbocycles. The van der Waals surface area contributed by atoms with Crippen LogP contribution in [0.4, 0.5) is 15.9 Å². The Morgan fingerprint density at radius 1 is 1.00 bits per heavy atom. The van der Waals surface area contributed by atoms with Crippen LogP contribution in [-0.4, -0.2) is 40.7 Å². The molecule has 2 N–H and O–H groups in total. The number of aromatic nitrogens is 4. The molecule has 234 valence electrons. The summed E-state index contributed by atoms with van der Waals surface area (Å²) in [7, 11) is -3.47. The van der Waals surface area contributed by atoms with Crippen LogP contribution < -0.4 is 15.4 Å². The lowest BCUT2D eigenvalue weighted by Crippen LogP contribution is -2.26. The summed E-state index contributed by atoms with van der Waals surface area (Å²) >= 11 is 5.08. The Kier molecular flexibility index (Phi) is 9.64. The summed E-state index contributed by atoms with van der Waals surface area (Å²) in [6, 6.07) is 22.5. The second-order valence-electron chi connectivity index (χ2n) is 10.4. The average molecular weight is 720 g/mol. The zero-order valence-electron chi connectivity index (χ0n) is 24.5. The number of rotatable bonds is 12. The molecule has 0 aliphatic heterocycles. The maximum atomic E-state index is 13.5. The van der Waals surface area contributed by atoms with Crippen molar-refractivity contribution in [1.29, 1.82) is 0 Å². The van der Waals surface area contributed by atoms with Crippen LogP contribution >= 0.6 is 27.3 Å². The molecule has 9 nitrogen and oxygen atoms in total. The van der Waals surface area contributed by atoms with Crippen molar-refractivity contribution in [2.75, 3.05) is 17.6 Å². The van der Waals surface area contributed by atoms with Gasteiger partial charge >= 0.3 is 0 Å². The molecule has 0 saturated heterocycles. The maximum Gasteiger partial charge on any atom is 0.196 e. The van der Waals surface area contributed by atoms with Crippen LogP contribution in [0.2, 0.25) is 0 Å². The molecule has 6 rings (SSSR count). The van der Waals surface area contributed by atoms with Crippen molar-refractivity contribution >= 4 is 59.5 Å². The van der Waals surface area contributed by atoms with Gasteiger partial charge in [0.25, 0.3) is 0 Å². The summed E-state index contributed by atoms with van der Waals surface area (Å²) in [4.78, 5) is 17.7. The number of benzene rings is 3. The van der Waals surface area contributed by atoms with Gasteiger partial charge in [0, 0.05) is 34.8 Å². The number of nitrogens with zero attached hydrogens (tertiary/aromatic N) is 4. The van der Waals surface area contributed by atoms with Crippen molar-refractivity contribution in [3.63, 3.8) is 0 Å². The van der Waals surface area contributed by atoms with Crippen LogP contribution in [-0.2, 0) is 16.4 Å². The molecule has 0 amide bonds. The number of pyridine rings is 1. The van der Waals surface area contributed by atoms with Crippen LogP contribution in [0.3, 0.4) is 0 Å². The minimum Gasteiger partial charge on any atom is -0.488 e. The topological polar surface area (TPSA) is 119 Å². The fraction of sp³-hybridized carbons (Fsp3) is 0.152. The fourth-order valence-electron chi connectivity index (χ4n) is 4.69. The second-order valence-corrected chi connectivity index (χ2v) is 14.2. The third-order valence-corrected chi connectivity index (χ3v) is 10.3. The number of ether oxygens (including phenoxy) is 1. The summed E-state index contributed by atoms with van der Waals surface area (Å²) in [5.41, 5.74) is 4.00.